The summed E-state index contributed by atoms with van der Waals surface area (Å²) in [7, 11) is 0. The van der Waals surface area contributed by atoms with E-state index in [1.165, 1.54) is 41.8 Å². The number of fused-ring (bicyclic) bond motifs is 1. The summed E-state index contributed by atoms with van der Waals surface area (Å²) in [5, 5.41) is 11.8. The third kappa shape index (κ3) is 3.18. The second-order valence-electron chi connectivity index (χ2n) is 6.64. The molecule has 0 aromatic heterocycles. The molecule has 0 saturated carbocycles. The van der Waals surface area contributed by atoms with E-state index >= 15 is 0 Å². The minimum Gasteiger partial charge on any atom is -0.478 e. The maximum absolute atomic E-state index is 12.4. The molecular weight excluding hydrogens is 302 g/mol. The van der Waals surface area contributed by atoms with Gasteiger partial charge in [-0.3, -0.25) is 4.79 Å². The van der Waals surface area contributed by atoms with Crippen LogP contribution in [0.2, 0.25) is 0 Å². The van der Waals surface area contributed by atoms with Crippen molar-refractivity contribution >= 4 is 17.6 Å². The minimum absolute atomic E-state index is 0.170. The average Bonchev–Trinajstić information content (AvgIpc) is 2.98. The van der Waals surface area contributed by atoms with Crippen molar-refractivity contribution in [3.05, 3.63) is 64.7 Å². The SMILES string of the molecule is CC(C)C1CCc2ccc(NC(=O)c3ccc(C(=O)O)cc3)cc21. The van der Waals surface area contributed by atoms with Gasteiger partial charge in [0, 0.05) is 11.3 Å². The Hall–Kier alpha value is -2.62. The molecule has 24 heavy (non-hydrogen) atoms. The Kier molecular flexibility index (Phi) is 4.38. The van der Waals surface area contributed by atoms with Crippen LogP contribution in [0.1, 0.15) is 58.0 Å². The molecule has 0 spiro atoms. The highest BCUT2D eigenvalue weighted by molar-refractivity contribution is 6.04. The summed E-state index contributed by atoms with van der Waals surface area (Å²) < 4.78 is 0. The van der Waals surface area contributed by atoms with E-state index in [1.807, 2.05) is 6.07 Å². The molecule has 1 unspecified atom stereocenters. The number of carbonyl (C=O) groups is 2. The number of carboxylic acids is 1. The van der Waals surface area contributed by atoms with Gasteiger partial charge in [-0.25, -0.2) is 4.79 Å². The second kappa shape index (κ2) is 6.48. The number of rotatable bonds is 4. The van der Waals surface area contributed by atoms with Crippen LogP contribution in [0.5, 0.6) is 0 Å². The monoisotopic (exact) mass is 323 g/mol. The first-order chi connectivity index (χ1) is 11.5. The Morgan fingerprint density at radius 2 is 1.75 bits per heavy atom. The lowest BCUT2D eigenvalue weighted by Gasteiger charge is -2.16. The molecule has 1 aliphatic carbocycles. The van der Waals surface area contributed by atoms with Crippen molar-refractivity contribution < 1.29 is 14.7 Å². The number of benzene rings is 2. The maximum Gasteiger partial charge on any atom is 0.335 e. The molecular formula is C20H21NO3. The Labute approximate surface area is 141 Å². The lowest BCUT2D eigenvalue weighted by molar-refractivity contribution is 0.0696. The van der Waals surface area contributed by atoms with Crippen LogP contribution >= 0.6 is 0 Å². The second-order valence-corrected chi connectivity index (χ2v) is 6.64. The molecule has 2 aromatic rings. The van der Waals surface area contributed by atoms with E-state index in [4.69, 9.17) is 5.11 Å². The van der Waals surface area contributed by atoms with Crippen molar-refractivity contribution in [2.45, 2.75) is 32.6 Å². The van der Waals surface area contributed by atoms with Crippen molar-refractivity contribution in [2.75, 3.05) is 5.32 Å². The molecule has 1 atom stereocenters. The summed E-state index contributed by atoms with van der Waals surface area (Å²) in [6.45, 7) is 4.46. The van der Waals surface area contributed by atoms with E-state index in [-0.39, 0.29) is 11.5 Å². The van der Waals surface area contributed by atoms with Crippen LogP contribution in [0, 0.1) is 5.92 Å². The third-order valence-corrected chi connectivity index (χ3v) is 4.73. The number of carbonyl (C=O) groups excluding carboxylic acids is 1. The molecule has 0 bridgehead atoms. The molecule has 3 rings (SSSR count). The number of aryl methyl sites for hydroxylation is 1. The van der Waals surface area contributed by atoms with Gasteiger partial charge >= 0.3 is 5.97 Å². The van der Waals surface area contributed by atoms with Gasteiger partial charge in [-0.05, 0) is 72.2 Å². The number of carboxylic acid groups (broad SMARTS) is 1. The van der Waals surface area contributed by atoms with Crippen molar-refractivity contribution in [3.8, 4) is 0 Å². The van der Waals surface area contributed by atoms with E-state index in [1.54, 1.807) is 0 Å². The smallest absolute Gasteiger partial charge is 0.335 e. The van der Waals surface area contributed by atoms with Gasteiger partial charge in [0.2, 0.25) is 0 Å². The van der Waals surface area contributed by atoms with E-state index in [2.05, 4.69) is 31.3 Å². The molecule has 1 amide bonds. The quantitative estimate of drug-likeness (QED) is 0.880. The number of hydrogen-bond acceptors (Lipinski definition) is 2. The highest BCUT2D eigenvalue weighted by atomic mass is 16.4. The first-order valence-electron chi connectivity index (χ1n) is 8.23. The molecule has 4 heteroatoms. The van der Waals surface area contributed by atoms with Crippen LogP contribution in [0.3, 0.4) is 0 Å². The van der Waals surface area contributed by atoms with Crippen LogP contribution in [0.15, 0.2) is 42.5 Å². The lowest BCUT2D eigenvalue weighted by Crippen LogP contribution is -2.12. The van der Waals surface area contributed by atoms with Crippen LogP contribution in [-0.4, -0.2) is 17.0 Å². The van der Waals surface area contributed by atoms with Crippen molar-refractivity contribution in [1.82, 2.24) is 0 Å². The zero-order valence-corrected chi connectivity index (χ0v) is 13.9. The summed E-state index contributed by atoms with van der Waals surface area (Å²) in [4.78, 5) is 23.2. The molecule has 1 aliphatic rings. The summed E-state index contributed by atoms with van der Waals surface area (Å²) in [5.74, 6) is -0.0984. The molecule has 124 valence electrons. The van der Waals surface area contributed by atoms with E-state index < -0.39 is 5.97 Å². The van der Waals surface area contributed by atoms with Crippen LogP contribution < -0.4 is 5.32 Å². The van der Waals surface area contributed by atoms with Gasteiger partial charge < -0.3 is 10.4 Å². The standard InChI is InChI=1S/C20H21NO3/c1-12(2)17-10-8-13-7-9-16(11-18(13)17)21-19(22)14-3-5-15(6-4-14)20(23)24/h3-7,9,11-12,17H,8,10H2,1-2H3,(H,21,22)(H,23,24). The fourth-order valence-corrected chi connectivity index (χ4v) is 3.37. The van der Waals surface area contributed by atoms with Crippen LogP contribution in [-0.2, 0) is 6.42 Å². The topological polar surface area (TPSA) is 66.4 Å². The molecule has 0 radical (unpaired) electrons. The lowest BCUT2D eigenvalue weighted by atomic mass is 9.90. The molecule has 4 nitrogen and oxygen atoms in total. The Balaban J connectivity index is 1.78. The largest absolute Gasteiger partial charge is 0.478 e. The molecule has 0 heterocycles. The Bertz CT molecular complexity index is 778. The number of amides is 1. The zero-order valence-electron chi connectivity index (χ0n) is 13.9. The van der Waals surface area contributed by atoms with E-state index in [9.17, 15) is 9.59 Å². The van der Waals surface area contributed by atoms with Gasteiger partial charge in [-0.1, -0.05) is 19.9 Å². The van der Waals surface area contributed by atoms with Crippen molar-refractivity contribution in [1.29, 1.82) is 0 Å². The summed E-state index contributed by atoms with van der Waals surface area (Å²) in [6.07, 6.45) is 2.27. The normalized spacial score (nSPS) is 16.0. The van der Waals surface area contributed by atoms with Crippen LogP contribution in [0.4, 0.5) is 5.69 Å². The van der Waals surface area contributed by atoms with Gasteiger partial charge in [0.1, 0.15) is 0 Å². The minimum atomic E-state index is -1.000. The molecule has 0 fully saturated rings. The maximum atomic E-state index is 12.4. The predicted octanol–water partition coefficient (Wildman–Crippen LogP) is 4.32. The highest BCUT2D eigenvalue weighted by Crippen LogP contribution is 2.39. The van der Waals surface area contributed by atoms with E-state index in [0.717, 1.165) is 12.1 Å². The van der Waals surface area contributed by atoms with Crippen molar-refractivity contribution in [3.63, 3.8) is 0 Å². The van der Waals surface area contributed by atoms with Gasteiger partial charge in [-0.2, -0.15) is 0 Å². The fourth-order valence-electron chi connectivity index (χ4n) is 3.37. The third-order valence-electron chi connectivity index (χ3n) is 4.73. The first-order valence-corrected chi connectivity index (χ1v) is 8.23. The number of nitrogens with one attached hydrogen (secondary N) is 1. The first kappa shape index (κ1) is 16.2. The zero-order chi connectivity index (χ0) is 17.3. The summed E-state index contributed by atoms with van der Waals surface area (Å²) >= 11 is 0. The molecule has 0 saturated heterocycles. The van der Waals surface area contributed by atoms with Crippen molar-refractivity contribution in [2.24, 2.45) is 5.92 Å². The van der Waals surface area contributed by atoms with Gasteiger partial charge in [0.25, 0.3) is 5.91 Å². The molecule has 2 N–H and O–H groups in total. The highest BCUT2D eigenvalue weighted by Gasteiger charge is 2.25. The fraction of sp³-hybridized carbons (Fsp3) is 0.300. The van der Waals surface area contributed by atoms with Gasteiger partial charge in [0.15, 0.2) is 0 Å². The number of aromatic carboxylic acids is 1. The molecule has 0 aliphatic heterocycles. The predicted molar refractivity (Wildman–Crippen MR) is 93.7 cm³/mol. The Morgan fingerprint density at radius 1 is 1.08 bits per heavy atom. The van der Waals surface area contributed by atoms with Gasteiger partial charge in [0.05, 0.1) is 5.56 Å². The molecule has 2 aromatic carbocycles. The summed E-state index contributed by atoms with van der Waals surface area (Å²) in [6, 6.07) is 12.1. The average molecular weight is 323 g/mol. The van der Waals surface area contributed by atoms with Crippen LogP contribution in [0.25, 0.3) is 0 Å². The van der Waals surface area contributed by atoms with Gasteiger partial charge in [-0.15, -0.1) is 0 Å². The number of anilines is 1. The summed E-state index contributed by atoms with van der Waals surface area (Å²) in [5.41, 5.74) is 4.11. The Morgan fingerprint density at radius 3 is 2.38 bits per heavy atom. The number of hydrogen-bond donors (Lipinski definition) is 2. The van der Waals surface area contributed by atoms with E-state index in [0.29, 0.717) is 17.4 Å².